The average Bonchev–Trinajstić information content (AvgIpc) is 2.96. The highest BCUT2D eigenvalue weighted by Gasteiger charge is 2.28. The molecule has 0 unspecified atom stereocenters. The van der Waals surface area contributed by atoms with Crippen molar-refractivity contribution in [3.05, 3.63) is 64.6 Å². The third-order valence-electron chi connectivity index (χ3n) is 6.41. The Kier molecular flexibility index (Phi) is 7.12. The van der Waals surface area contributed by atoms with Gasteiger partial charge in [-0.15, -0.1) is 0 Å². The molecule has 1 aliphatic rings. The van der Waals surface area contributed by atoms with E-state index < -0.39 is 11.7 Å². The summed E-state index contributed by atoms with van der Waals surface area (Å²) in [7, 11) is 1.48. The Balaban J connectivity index is 1.65. The van der Waals surface area contributed by atoms with Crippen molar-refractivity contribution in [1.82, 2.24) is 15.3 Å². The van der Waals surface area contributed by atoms with Crippen molar-refractivity contribution in [1.29, 1.82) is 0 Å². The topological polar surface area (TPSA) is 82.2 Å². The van der Waals surface area contributed by atoms with E-state index in [9.17, 15) is 9.18 Å². The molecule has 0 spiro atoms. The predicted octanol–water partition coefficient (Wildman–Crippen LogP) is 6.01. The van der Waals surface area contributed by atoms with Crippen LogP contribution in [0.15, 0.2) is 42.6 Å². The predicted molar refractivity (Wildman–Crippen MR) is 140 cm³/mol. The smallest absolute Gasteiger partial charge is 0.253 e. The van der Waals surface area contributed by atoms with E-state index in [2.05, 4.69) is 63.7 Å². The monoisotopic (exact) mass is 496 g/mol. The van der Waals surface area contributed by atoms with Crippen LogP contribution in [0.4, 0.5) is 33.2 Å². The standard InChI is InChI=1S/C26H30ClFN6O/c1-5-34-13-7-12-26(2,3)18-11-10-16(14-21(18)34)31-25-30-15-19(27)23(33-25)32-22-17(24(35)29-4)8-6-9-20(22)28/h6,8-11,14-15H,5,7,12-13H2,1-4H3,(H,29,35)(H2,30,31,32,33). The Hall–Kier alpha value is -3.39. The fourth-order valence-corrected chi connectivity index (χ4v) is 4.61. The molecule has 9 heteroatoms. The second-order valence-corrected chi connectivity index (χ2v) is 9.59. The lowest BCUT2D eigenvalue weighted by molar-refractivity contribution is 0.0963. The maximum Gasteiger partial charge on any atom is 0.253 e. The quantitative estimate of drug-likeness (QED) is 0.387. The first-order valence-electron chi connectivity index (χ1n) is 11.7. The van der Waals surface area contributed by atoms with Gasteiger partial charge >= 0.3 is 0 Å². The first-order chi connectivity index (χ1) is 16.7. The van der Waals surface area contributed by atoms with Crippen LogP contribution >= 0.6 is 11.6 Å². The summed E-state index contributed by atoms with van der Waals surface area (Å²) in [6.45, 7) is 8.67. The van der Waals surface area contributed by atoms with Crippen LogP contribution < -0.4 is 20.9 Å². The van der Waals surface area contributed by atoms with Crippen LogP contribution in [0.1, 0.15) is 49.5 Å². The van der Waals surface area contributed by atoms with Crippen LogP contribution in [0.25, 0.3) is 0 Å². The molecule has 1 aliphatic heterocycles. The molecular formula is C26H30ClFN6O. The van der Waals surface area contributed by atoms with Gasteiger partial charge in [0.2, 0.25) is 5.95 Å². The average molecular weight is 497 g/mol. The lowest BCUT2D eigenvalue weighted by Gasteiger charge is -2.28. The fraction of sp³-hybridized carbons (Fsp3) is 0.346. The van der Waals surface area contributed by atoms with Crippen LogP contribution in [0, 0.1) is 5.82 Å². The van der Waals surface area contributed by atoms with Gasteiger partial charge in [-0.1, -0.05) is 37.6 Å². The van der Waals surface area contributed by atoms with Crippen LogP contribution in [0.2, 0.25) is 5.02 Å². The summed E-state index contributed by atoms with van der Waals surface area (Å²) in [5, 5.41) is 8.82. The van der Waals surface area contributed by atoms with Gasteiger partial charge in [-0.05, 0) is 55.0 Å². The van der Waals surface area contributed by atoms with Crippen molar-refractivity contribution >= 4 is 46.3 Å². The van der Waals surface area contributed by atoms with E-state index in [1.54, 1.807) is 0 Å². The highest BCUT2D eigenvalue weighted by Crippen LogP contribution is 2.40. The van der Waals surface area contributed by atoms with E-state index in [0.29, 0.717) is 5.95 Å². The summed E-state index contributed by atoms with van der Waals surface area (Å²) < 4.78 is 14.6. The maximum atomic E-state index is 14.6. The lowest BCUT2D eigenvalue weighted by Crippen LogP contribution is -2.24. The zero-order valence-electron chi connectivity index (χ0n) is 20.4. The highest BCUT2D eigenvalue weighted by molar-refractivity contribution is 6.33. The fourth-order valence-electron chi connectivity index (χ4n) is 4.48. The second kappa shape index (κ2) is 10.1. The van der Waals surface area contributed by atoms with Gasteiger partial charge in [-0.2, -0.15) is 4.98 Å². The Bertz CT molecular complexity index is 1250. The molecule has 3 aromatic rings. The summed E-state index contributed by atoms with van der Waals surface area (Å²) in [4.78, 5) is 23.3. The first kappa shape index (κ1) is 24.7. The molecule has 1 amide bonds. The molecular weight excluding hydrogens is 467 g/mol. The van der Waals surface area contributed by atoms with E-state index in [1.165, 1.54) is 42.7 Å². The summed E-state index contributed by atoms with van der Waals surface area (Å²) in [6, 6.07) is 10.6. The molecule has 0 aliphatic carbocycles. The van der Waals surface area contributed by atoms with E-state index in [-0.39, 0.29) is 27.5 Å². The normalized spacial score (nSPS) is 14.6. The minimum absolute atomic E-state index is 0.00995. The summed E-state index contributed by atoms with van der Waals surface area (Å²) >= 11 is 6.30. The van der Waals surface area contributed by atoms with Crippen LogP contribution in [0.5, 0.6) is 0 Å². The van der Waals surface area contributed by atoms with E-state index >= 15 is 0 Å². The van der Waals surface area contributed by atoms with E-state index in [1.807, 2.05) is 6.07 Å². The van der Waals surface area contributed by atoms with Crippen molar-refractivity contribution in [3.8, 4) is 0 Å². The number of carbonyl (C=O) groups is 1. The van der Waals surface area contributed by atoms with Gasteiger partial charge in [-0.3, -0.25) is 4.79 Å². The third kappa shape index (κ3) is 5.17. The van der Waals surface area contributed by atoms with Gasteiger partial charge in [0.05, 0.1) is 17.4 Å². The minimum Gasteiger partial charge on any atom is -0.372 e. The molecule has 7 nitrogen and oxygen atoms in total. The van der Waals surface area contributed by atoms with Gasteiger partial charge in [0.25, 0.3) is 5.91 Å². The number of hydrogen-bond acceptors (Lipinski definition) is 6. The molecule has 0 saturated heterocycles. The zero-order chi connectivity index (χ0) is 25.2. The number of anilines is 5. The summed E-state index contributed by atoms with van der Waals surface area (Å²) in [5.74, 6) is -0.539. The van der Waals surface area contributed by atoms with Gasteiger partial charge in [0, 0.05) is 31.5 Å². The first-order valence-corrected chi connectivity index (χ1v) is 12.1. The number of para-hydroxylation sites is 1. The number of hydrogen-bond donors (Lipinski definition) is 3. The van der Waals surface area contributed by atoms with Crippen molar-refractivity contribution in [2.24, 2.45) is 0 Å². The molecule has 0 atom stereocenters. The van der Waals surface area contributed by atoms with Gasteiger partial charge in [0.15, 0.2) is 5.82 Å². The molecule has 0 fully saturated rings. The number of fused-ring (bicyclic) bond motifs is 1. The van der Waals surface area contributed by atoms with Crippen molar-refractivity contribution < 1.29 is 9.18 Å². The summed E-state index contributed by atoms with van der Waals surface area (Å²) in [5.41, 5.74) is 3.59. The molecule has 0 bridgehead atoms. The van der Waals surface area contributed by atoms with Gasteiger partial charge < -0.3 is 20.9 Å². The van der Waals surface area contributed by atoms with Gasteiger partial charge in [0.1, 0.15) is 10.8 Å². The molecule has 0 saturated carbocycles. The minimum atomic E-state index is -0.594. The largest absolute Gasteiger partial charge is 0.372 e. The molecule has 184 valence electrons. The maximum absolute atomic E-state index is 14.6. The Morgan fingerprint density at radius 2 is 2.03 bits per heavy atom. The van der Waals surface area contributed by atoms with Crippen molar-refractivity contribution in [2.45, 2.75) is 39.0 Å². The number of aromatic nitrogens is 2. The van der Waals surface area contributed by atoms with Crippen LogP contribution in [0.3, 0.4) is 0 Å². The van der Waals surface area contributed by atoms with Crippen LogP contribution in [-0.4, -0.2) is 36.0 Å². The Labute approximate surface area is 210 Å². The summed E-state index contributed by atoms with van der Waals surface area (Å²) in [6.07, 6.45) is 3.71. The number of halogens is 2. The SMILES string of the molecule is CCN1CCCC(C)(C)c2ccc(Nc3ncc(Cl)c(Nc4c(F)cccc4C(=O)NC)n3)cc21. The van der Waals surface area contributed by atoms with Crippen LogP contribution in [-0.2, 0) is 5.41 Å². The number of rotatable bonds is 6. The highest BCUT2D eigenvalue weighted by atomic mass is 35.5. The molecule has 2 heterocycles. The van der Waals surface area contributed by atoms with E-state index in [0.717, 1.165) is 31.6 Å². The molecule has 1 aromatic heterocycles. The second-order valence-electron chi connectivity index (χ2n) is 9.18. The number of benzene rings is 2. The third-order valence-corrected chi connectivity index (χ3v) is 6.68. The molecule has 2 aromatic carbocycles. The lowest BCUT2D eigenvalue weighted by atomic mass is 9.80. The number of amides is 1. The van der Waals surface area contributed by atoms with Crippen molar-refractivity contribution in [2.75, 3.05) is 35.7 Å². The molecule has 0 radical (unpaired) electrons. The number of carbonyl (C=O) groups excluding carboxylic acids is 1. The zero-order valence-corrected chi connectivity index (χ0v) is 21.1. The molecule has 35 heavy (non-hydrogen) atoms. The molecule has 4 rings (SSSR count). The number of nitrogens with one attached hydrogen (secondary N) is 3. The van der Waals surface area contributed by atoms with E-state index in [4.69, 9.17) is 11.6 Å². The Morgan fingerprint density at radius 1 is 1.23 bits per heavy atom. The Morgan fingerprint density at radius 3 is 2.77 bits per heavy atom. The number of nitrogens with zero attached hydrogens (tertiary/aromatic N) is 3. The molecule has 3 N–H and O–H groups in total. The van der Waals surface area contributed by atoms with Gasteiger partial charge in [-0.25, -0.2) is 9.37 Å². The van der Waals surface area contributed by atoms with Crippen molar-refractivity contribution in [3.63, 3.8) is 0 Å².